The van der Waals surface area contributed by atoms with Crippen LogP contribution in [0.25, 0.3) is 0 Å². The molecule has 0 fully saturated rings. The van der Waals surface area contributed by atoms with Gasteiger partial charge in [-0.15, -0.1) is 0 Å². The fourth-order valence-corrected chi connectivity index (χ4v) is 4.52. The highest BCUT2D eigenvalue weighted by Crippen LogP contribution is 2.59. The van der Waals surface area contributed by atoms with Gasteiger partial charge >= 0.3 is 10.3 Å². The molecule has 0 heterocycles. The minimum absolute atomic E-state index is 0. The molecule has 0 spiro atoms. The van der Waals surface area contributed by atoms with Gasteiger partial charge in [0.25, 0.3) is 0 Å². The summed E-state index contributed by atoms with van der Waals surface area (Å²) in [6, 6.07) is 7.21. The molecule has 158 valence electrons. The average molecular weight is 482 g/mol. The first-order valence-corrected chi connectivity index (χ1v) is 13.1. The van der Waals surface area contributed by atoms with Gasteiger partial charge in [-0.25, -0.2) is 5.14 Å². The highest BCUT2D eigenvalue weighted by Gasteiger charge is 2.23. The van der Waals surface area contributed by atoms with Gasteiger partial charge < -0.3 is 20.1 Å². The first-order chi connectivity index (χ1) is 11.8. The molecule has 0 unspecified atom stereocenters. The molecule has 0 aromatic heterocycles. The Morgan fingerprint density at radius 2 is 1.74 bits per heavy atom. The second-order valence-corrected chi connectivity index (χ2v) is 12.9. The van der Waals surface area contributed by atoms with Gasteiger partial charge in [0.2, 0.25) is 11.6 Å². The molecule has 9 nitrogen and oxygen atoms in total. The van der Waals surface area contributed by atoms with E-state index in [0.717, 1.165) is 5.69 Å². The maximum Gasteiger partial charge on any atom is 0.330 e. The zero-order chi connectivity index (χ0) is 20.5. The molecule has 6 N–H and O–H groups in total. The standard InChI is InChI=1S/C13H19ClNO3PS2.H3NO3S.H3N/c1-10(2)15(12-7-5-11(14)6-8-12)13(16)9-21-19(20,17-3)18-4;1-5(2,3)4;/h5-8,10H,9H2,1-4H3;(H3,1,2,3,4);1H3. The molecule has 1 aromatic carbocycles. The van der Waals surface area contributed by atoms with Crippen LogP contribution in [0.5, 0.6) is 0 Å². The minimum atomic E-state index is -4.17. The molecule has 0 saturated heterocycles. The van der Waals surface area contributed by atoms with E-state index in [-0.39, 0.29) is 23.9 Å². The molecule has 0 saturated carbocycles. The third-order valence-electron chi connectivity index (χ3n) is 2.68. The second-order valence-electron chi connectivity index (χ2n) is 4.93. The summed E-state index contributed by atoms with van der Waals surface area (Å²) < 4.78 is 35.6. The Bertz CT molecular complexity index is 717. The van der Waals surface area contributed by atoms with E-state index in [1.54, 1.807) is 17.0 Å². The largest absolute Gasteiger partial charge is 0.344 e. The quantitative estimate of drug-likeness (QED) is 0.393. The molecule has 0 atom stereocenters. The van der Waals surface area contributed by atoms with Crippen LogP contribution in [0, 0.1) is 0 Å². The van der Waals surface area contributed by atoms with Gasteiger partial charge in [0.05, 0.1) is 5.75 Å². The van der Waals surface area contributed by atoms with E-state index in [1.165, 1.54) is 25.6 Å². The summed E-state index contributed by atoms with van der Waals surface area (Å²) in [5.74, 6) is 0.167. The summed E-state index contributed by atoms with van der Waals surface area (Å²) in [5, 5.41) is 4.52. The van der Waals surface area contributed by atoms with Crippen molar-refractivity contribution in [3.05, 3.63) is 29.3 Å². The van der Waals surface area contributed by atoms with Crippen LogP contribution in [0.3, 0.4) is 0 Å². The van der Waals surface area contributed by atoms with Crippen LogP contribution >= 0.6 is 28.7 Å². The van der Waals surface area contributed by atoms with Crippen LogP contribution in [0.4, 0.5) is 5.69 Å². The zero-order valence-corrected chi connectivity index (χ0v) is 19.5. The van der Waals surface area contributed by atoms with Crippen molar-refractivity contribution in [3.63, 3.8) is 0 Å². The number of halogens is 1. The number of anilines is 1. The monoisotopic (exact) mass is 481 g/mol. The highest BCUT2D eigenvalue weighted by molar-refractivity contribution is 8.68. The fraction of sp³-hybridized carbons (Fsp3) is 0.462. The molecule has 27 heavy (non-hydrogen) atoms. The van der Waals surface area contributed by atoms with Gasteiger partial charge in [-0.05, 0) is 49.9 Å². The third-order valence-corrected chi connectivity index (χ3v) is 8.60. The third kappa shape index (κ3) is 12.7. The van der Waals surface area contributed by atoms with E-state index in [1.807, 2.05) is 26.0 Å². The van der Waals surface area contributed by atoms with E-state index in [9.17, 15) is 4.79 Å². The van der Waals surface area contributed by atoms with E-state index in [2.05, 4.69) is 5.14 Å². The topological polar surface area (TPSA) is 154 Å². The van der Waals surface area contributed by atoms with Gasteiger partial charge in [-0.1, -0.05) is 23.0 Å². The Morgan fingerprint density at radius 1 is 1.33 bits per heavy atom. The van der Waals surface area contributed by atoms with Crippen molar-refractivity contribution in [1.29, 1.82) is 0 Å². The number of carbonyl (C=O) groups is 1. The van der Waals surface area contributed by atoms with Gasteiger partial charge in [0, 0.05) is 31.0 Å². The van der Waals surface area contributed by atoms with Crippen molar-refractivity contribution in [2.75, 3.05) is 24.9 Å². The Hall–Kier alpha value is -0.270. The molecule has 1 amide bonds. The number of hydrogen-bond donors (Lipinski definition) is 3. The smallest absolute Gasteiger partial charge is 0.330 e. The summed E-state index contributed by atoms with van der Waals surface area (Å²) in [7, 11) is -1.16. The lowest BCUT2D eigenvalue weighted by Crippen LogP contribution is -2.38. The van der Waals surface area contributed by atoms with Gasteiger partial charge in [0.15, 0.2) is 0 Å². The van der Waals surface area contributed by atoms with E-state index in [4.69, 9.17) is 45.4 Å². The Morgan fingerprint density at radius 3 is 2.07 bits per heavy atom. The zero-order valence-electron chi connectivity index (χ0n) is 15.4. The van der Waals surface area contributed by atoms with Crippen molar-refractivity contribution in [3.8, 4) is 0 Å². The lowest BCUT2D eigenvalue weighted by atomic mass is 10.2. The van der Waals surface area contributed by atoms with Crippen molar-refractivity contribution >= 4 is 62.4 Å². The van der Waals surface area contributed by atoms with Crippen LogP contribution in [0.1, 0.15) is 13.8 Å². The average Bonchev–Trinajstić information content (AvgIpc) is 2.53. The van der Waals surface area contributed by atoms with Gasteiger partial charge in [-0.2, -0.15) is 8.42 Å². The highest BCUT2D eigenvalue weighted by atomic mass is 35.5. The number of benzene rings is 1. The SMILES string of the molecule is COP(=S)(OC)SCC(=O)N(c1ccc(Cl)cc1)C(C)C.N.NS(=O)(=O)O. The van der Waals surface area contributed by atoms with Crippen molar-refractivity contribution in [2.45, 2.75) is 19.9 Å². The maximum absolute atomic E-state index is 12.5. The van der Waals surface area contributed by atoms with Gasteiger partial charge in [0.1, 0.15) is 0 Å². The molecule has 0 aliphatic carbocycles. The first-order valence-electron chi connectivity index (χ1n) is 7.02. The molecular weight excluding hydrogens is 457 g/mol. The van der Waals surface area contributed by atoms with E-state index < -0.39 is 16.0 Å². The van der Waals surface area contributed by atoms with Crippen LogP contribution in [-0.4, -0.2) is 44.9 Å². The van der Waals surface area contributed by atoms with Crippen LogP contribution in [0.15, 0.2) is 24.3 Å². The Kier molecular flexibility index (Phi) is 14.0. The van der Waals surface area contributed by atoms with Crippen molar-refractivity contribution in [1.82, 2.24) is 6.15 Å². The summed E-state index contributed by atoms with van der Waals surface area (Å²) >= 11 is 12.4. The molecule has 0 radical (unpaired) electrons. The summed E-state index contributed by atoms with van der Waals surface area (Å²) in [6.07, 6.45) is 0. The molecule has 0 aliphatic heterocycles. The molecule has 1 aromatic rings. The summed E-state index contributed by atoms with van der Waals surface area (Å²) in [6.45, 7) is 3.92. The van der Waals surface area contributed by atoms with E-state index >= 15 is 0 Å². The number of rotatable bonds is 7. The Labute approximate surface area is 174 Å². The summed E-state index contributed by atoms with van der Waals surface area (Å²) in [5.41, 5.74) is -1.61. The van der Waals surface area contributed by atoms with Crippen LogP contribution < -0.4 is 16.2 Å². The van der Waals surface area contributed by atoms with Crippen molar-refractivity contribution in [2.24, 2.45) is 5.14 Å². The maximum atomic E-state index is 12.5. The lowest BCUT2D eigenvalue weighted by molar-refractivity contribution is -0.116. The Balaban J connectivity index is 0. The predicted octanol–water partition coefficient (Wildman–Crippen LogP) is 3.24. The number of hydrogen-bond acceptors (Lipinski definition) is 8. The lowest BCUT2D eigenvalue weighted by Gasteiger charge is -2.27. The van der Waals surface area contributed by atoms with Gasteiger partial charge in [-0.3, -0.25) is 9.35 Å². The summed E-state index contributed by atoms with van der Waals surface area (Å²) in [4.78, 5) is 14.2. The number of carbonyl (C=O) groups excluding carboxylic acids is 1. The first kappa shape index (κ1) is 28.9. The molecular formula is C13H25ClN3O6PS3. The molecule has 1 rings (SSSR count). The van der Waals surface area contributed by atoms with Crippen molar-refractivity contribution < 1.29 is 26.8 Å². The number of amides is 1. The minimum Gasteiger partial charge on any atom is -0.344 e. The van der Waals surface area contributed by atoms with E-state index in [0.29, 0.717) is 5.02 Å². The predicted molar refractivity (Wildman–Crippen MR) is 116 cm³/mol. The number of nitrogens with two attached hydrogens (primary N) is 1. The normalized spacial score (nSPS) is 11.3. The second kappa shape index (κ2) is 13.0. The fourth-order valence-electron chi connectivity index (χ4n) is 1.72. The number of nitrogens with zero attached hydrogens (tertiary/aromatic N) is 1. The molecule has 0 bridgehead atoms. The van der Waals surface area contributed by atoms with Crippen LogP contribution in [-0.2, 0) is 36.0 Å². The molecule has 14 heteroatoms. The van der Waals surface area contributed by atoms with Crippen LogP contribution in [0.2, 0.25) is 5.02 Å². The molecule has 0 aliphatic rings.